The zero-order valence-electron chi connectivity index (χ0n) is 18.4. The minimum atomic E-state index is -1.23. The average Bonchev–Trinajstić information content (AvgIpc) is 3.20. The first-order valence-corrected chi connectivity index (χ1v) is 10.8. The van der Waals surface area contributed by atoms with Crippen LogP contribution in [0.1, 0.15) is 54.1 Å². The summed E-state index contributed by atoms with van der Waals surface area (Å²) in [4.78, 5) is 25.0. The molecule has 0 aliphatic heterocycles. The smallest absolute Gasteiger partial charge is 0.336 e. The molecule has 0 saturated heterocycles. The number of benzene rings is 4. The standard InChI is InChI=1S/C31H18O4/c1-3-19-11-15-21(16-12-19)31(22-17-13-20(4-2)14-18-22)27-23(7-5-9-25(27)29(32)33)24-8-6-10-26(28(24)31)30(34)35/h1-2,5-18H,(H,32,33)(H,34,35). The summed E-state index contributed by atoms with van der Waals surface area (Å²) in [5.74, 6) is 3.00. The third-order valence-electron chi connectivity index (χ3n) is 6.60. The molecule has 35 heavy (non-hydrogen) atoms. The maximum Gasteiger partial charge on any atom is 0.336 e. The third-order valence-corrected chi connectivity index (χ3v) is 6.60. The second kappa shape index (κ2) is 8.06. The van der Waals surface area contributed by atoms with Gasteiger partial charge in [0.05, 0.1) is 16.5 Å². The van der Waals surface area contributed by atoms with Crippen LogP contribution < -0.4 is 0 Å². The van der Waals surface area contributed by atoms with Crippen LogP contribution in [-0.4, -0.2) is 22.2 Å². The summed E-state index contributed by atoms with van der Waals surface area (Å²) in [6.07, 6.45) is 11.2. The van der Waals surface area contributed by atoms with Gasteiger partial charge in [0.15, 0.2) is 0 Å². The van der Waals surface area contributed by atoms with Crippen molar-refractivity contribution in [3.8, 4) is 35.8 Å². The lowest BCUT2D eigenvalue weighted by molar-refractivity contribution is 0.0686. The summed E-state index contributed by atoms with van der Waals surface area (Å²) < 4.78 is 0. The number of terminal acetylenes is 2. The summed E-state index contributed by atoms with van der Waals surface area (Å²) >= 11 is 0. The minimum Gasteiger partial charge on any atom is -0.478 e. The average molecular weight is 454 g/mol. The fourth-order valence-corrected chi connectivity index (χ4v) is 5.22. The fourth-order valence-electron chi connectivity index (χ4n) is 5.22. The number of aromatic carboxylic acids is 2. The van der Waals surface area contributed by atoms with Gasteiger partial charge in [-0.25, -0.2) is 9.59 Å². The van der Waals surface area contributed by atoms with Gasteiger partial charge in [-0.05, 0) is 69.8 Å². The first-order valence-electron chi connectivity index (χ1n) is 10.8. The molecule has 4 aromatic rings. The predicted molar refractivity (Wildman–Crippen MR) is 134 cm³/mol. The van der Waals surface area contributed by atoms with E-state index in [9.17, 15) is 19.8 Å². The zero-order chi connectivity index (χ0) is 24.7. The van der Waals surface area contributed by atoms with Gasteiger partial charge in [-0.2, -0.15) is 0 Å². The van der Waals surface area contributed by atoms with Crippen molar-refractivity contribution in [3.05, 3.63) is 129 Å². The molecule has 4 heteroatoms. The van der Waals surface area contributed by atoms with E-state index < -0.39 is 17.4 Å². The molecule has 0 radical (unpaired) electrons. The highest BCUT2D eigenvalue weighted by Gasteiger charge is 2.50. The number of carboxylic acids is 2. The van der Waals surface area contributed by atoms with Gasteiger partial charge >= 0.3 is 11.9 Å². The second-order valence-corrected chi connectivity index (χ2v) is 8.26. The maximum absolute atomic E-state index is 12.5. The summed E-state index contributed by atoms with van der Waals surface area (Å²) in [5, 5.41) is 20.5. The second-order valence-electron chi connectivity index (χ2n) is 8.26. The van der Waals surface area contributed by atoms with E-state index in [1.165, 1.54) is 0 Å². The zero-order valence-corrected chi connectivity index (χ0v) is 18.4. The van der Waals surface area contributed by atoms with E-state index in [4.69, 9.17) is 12.8 Å². The van der Waals surface area contributed by atoms with E-state index in [2.05, 4.69) is 11.8 Å². The van der Waals surface area contributed by atoms with Crippen LogP contribution in [0.25, 0.3) is 11.1 Å². The van der Waals surface area contributed by atoms with E-state index >= 15 is 0 Å². The number of rotatable bonds is 4. The Morgan fingerprint density at radius 2 is 0.971 bits per heavy atom. The van der Waals surface area contributed by atoms with E-state index in [-0.39, 0.29) is 11.1 Å². The molecular formula is C31H18O4. The summed E-state index contributed by atoms with van der Waals surface area (Å²) in [7, 11) is 0. The Hall–Kier alpha value is -5.06. The van der Waals surface area contributed by atoms with E-state index in [1.54, 1.807) is 48.5 Å². The molecular weight excluding hydrogens is 436 g/mol. The van der Waals surface area contributed by atoms with Crippen molar-refractivity contribution in [2.45, 2.75) is 5.41 Å². The summed E-state index contributed by atoms with van der Waals surface area (Å²) in [6.45, 7) is 0. The first kappa shape index (κ1) is 21.8. The molecule has 2 N–H and O–H groups in total. The largest absolute Gasteiger partial charge is 0.478 e. The van der Waals surface area contributed by atoms with Gasteiger partial charge in [-0.15, -0.1) is 12.8 Å². The van der Waals surface area contributed by atoms with Crippen molar-refractivity contribution in [2.75, 3.05) is 0 Å². The number of hydrogen-bond donors (Lipinski definition) is 2. The van der Waals surface area contributed by atoms with Crippen LogP contribution in [0.5, 0.6) is 0 Å². The third kappa shape index (κ3) is 3.05. The number of carbonyl (C=O) groups is 2. The Morgan fingerprint density at radius 3 is 1.29 bits per heavy atom. The number of carboxylic acid groups (broad SMARTS) is 2. The summed E-state index contributed by atoms with van der Waals surface area (Å²) in [5.41, 5.74) is 4.04. The van der Waals surface area contributed by atoms with Gasteiger partial charge < -0.3 is 10.2 Å². The van der Waals surface area contributed by atoms with E-state index in [0.29, 0.717) is 44.5 Å². The van der Waals surface area contributed by atoms with E-state index in [1.807, 2.05) is 36.4 Å². The van der Waals surface area contributed by atoms with E-state index in [0.717, 1.165) is 0 Å². The highest BCUT2D eigenvalue weighted by atomic mass is 16.4. The van der Waals surface area contributed by atoms with Crippen LogP contribution in [0.4, 0.5) is 0 Å². The topological polar surface area (TPSA) is 74.6 Å². The van der Waals surface area contributed by atoms with Crippen LogP contribution in [0.2, 0.25) is 0 Å². The molecule has 0 amide bonds. The molecule has 0 fully saturated rings. The Kier molecular flexibility index (Phi) is 5.01. The maximum atomic E-state index is 12.5. The lowest BCUT2D eigenvalue weighted by Gasteiger charge is -2.35. The predicted octanol–water partition coefficient (Wildman–Crippen LogP) is 5.41. The van der Waals surface area contributed by atoms with Crippen molar-refractivity contribution < 1.29 is 19.8 Å². The minimum absolute atomic E-state index is 0.0945. The van der Waals surface area contributed by atoms with Crippen LogP contribution >= 0.6 is 0 Å². The molecule has 0 bridgehead atoms. The molecule has 4 aromatic carbocycles. The highest BCUT2D eigenvalue weighted by molar-refractivity contribution is 6.02. The fraction of sp³-hybridized carbons (Fsp3) is 0.0323. The number of hydrogen-bond acceptors (Lipinski definition) is 2. The van der Waals surface area contributed by atoms with Gasteiger partial charge in [0.1, 0.15) is 0 Å². The molecule has 0 saturated carbocycles. The Balaban J connectivity index is 2.04. The Bertz CT molecular complexity index is 1470. The van der Waals surface area contributed by atoms with Crippen LogP contribution in [0, 0.1) is 24.7 Å². The van der Waals surface area contributed by atoms with Crippen LogP contribution in [-0.2, 0) is 5.41 Å². The van der Waals surface area contributed by atoms with Gasteiger partial charge in [-0.1, -0.05) is 60.4 Å². The van der Waals surface area contributed by atoms with Gasteiger partial charge in [0.25, 0.3) is 0 Å². The van der Waals surface area contributed by atoms with Crippen molar-refractivity contribution >= 4 is 11.9 Å². The molecule has 0 aromatic heterocycles. The first-order chi connectivity index (χ1) is 16.9. The molecule has 1 aliphatic carbocycles. The SMILES string of the molecule is C#Cc1ccc(C2(c3ccc(C#C)cc3)c3c(C(=O)O)cccc3-c3cccc(C(=O)O)c32)cc1. The molecule has 0 spiro atoms. The van der Waals surface area contributed by atoms with Crippen molar-refractivity contribution in [2.24, 2.45) is 0 Å². The molecule has 0 heterocycles. The molecule has 0 unspecified atom stereocenters. The Morgan fingerprint density at radius 1 is 0.600 bits per heavy atom. The van der Waals surface area contributed by atoms with Crippen molar-refractivity contribution in [1.82, 2.24) is 0 Å². The van der Waals surface area contributed by atoms with Gasteiger partial charge in [0.2, 0.25) is 0 Å². The normalized spacial score (nSPS) is 12.6. The number of fused-ring (bicyclic) bond motifs is 3. The van der Waals surface area contributed by atoms with Crippen LogP contribution in [0.15, 0.2) is 84.9 Å². The lowest BCUT2D eigenvalue weighted by Crippen LogP contribution is -2.32. The molecule has 166 valence electrons. The van der Waals surface area contributed by atoms with Crippen molar-refractivity contribution in [3.63, 3.8) is 0 Å². The monoisotopic (exact) mass is 454 g/mol. The molecule has 5 rings (SSSR count). The quantitative estimate of drug-likeness (QED) is 0.356. The summed E-state index contributed by atoms with van der Waals surface area (Å²) in [6, 6.07) is 24.6. The van der Waals surface area contributed by atoms with Gasteiger partial charge in [0, 0.05) is 11.1 Å². The highest BCUT2D eigenvalue weighted by Crippen LogP contribution is 2.58. The van der Waals surface area contributed by atoms with Crippen LogP contribution in [0.3, 0.4) is 0 Å². The van der Waals surface area contributed by atoms with Gasteiger partial charge in [-0.3, -0.25) is 0 Å². The Labute approximate surface area is 202 Å². The molecule has 4 nitrogen and oxygen atoms in total. The van der Waals surface area contributed by atoms with Crippen molar-refractivity contribution in [1.29, 1.82) is 0 Å². The lowest BCUT2D eigenvalue weighted by atomic mass is 9.65. The molecule has 1 aliphatic rings. The molecule has 0 atom stereocenters.